The SMILES string of the molecule is CCOc1ccccc1NC(=O)NCCn1nc(-c2sc(-c3cccs3)nc2C)ccc1=O. The minimum atomic E-state index is -0.384. The van der Waals surface area contributed by atoms with E-state index in [1.54, 1.807) is 40.9 Å². The summed E-state index contributed by atoms with van der Waals surface area (Å²) in [5.41, 5.74) is 1.90. The Labute approximate surface area is 198 Å². The summed E-state index contributed by atoms with van der Waals surface area (Å²) in [6.07, 6.45) is 0. The summed E-state index contributed by atoms with van der Waals surface area (Å²) in [6, 6.07) is 14.1. The van der Waals surface area contributed by atoms with Crippen molar-refractivity contribution in [3.05, 3.63) is 70.0 Å². The van der Waals surface area contributed by atoms with Crippen molar-refractivity contribution >= 4 is 34.4 Å². The minimum absolute atomic E-state index is 0.233. The molecular formula is C23H23N5O3S2. The first kappa shape index (κ1) is 22.7. The molecule has 4 rings (SSSR count). The molecule has 3 aromatic heterocycles. The van der Waals surface area contributed by atoms with Gasteiger partial charge in [0.05, 0.1) is 34.3 Å². The number of hydrogen-bond donors (Lipinski definition) is 2. The van der Waals surface area contributed by atoms with Crippen molar-refractivity contribution in [2.45, 2.75) is 20.4 Å². The molecule has 0 aliphatic carbocycles. The lowest BCUT2D eigenvalue weighted by atomic mass is 10.3. The molecule has 8 nitrogen and oxygen atoms in total. The smallest absolute Gasteiger partial charge is 0.319 e. The highest BCUT2D eigenvalue weighted by atomic mass is 32.1. The van der Waals surface area contributed by atoms with Crippen molar-refractivity contribution in [1.29, 1.82) is 0 Å². The van der Waals surface area contributed by atoms with Crippen LogP contribution in [0.15, 0.2) is 58.7 Å². The number of rotatable bonds is 8. The highest BCUT2D eigenvalue weighted by molar-refractivity contribution is 7.23. The normalized spacial score (nSPS) is 10.7. The predicted molar refractivity (Wildman–Crippen MR) is 132 cm³/mol. The van der Waals surface area contributed by atoms with Crippen LogP contribution in [0.25, 0.3) is 20.5 Å². The Morgan fingerprint density at radius 2 is 2.00 bits per heavy atom. The molecule has 2 N–H and O–H groups in total. The van der Waals surface area contributed by atoms with Crippen LogP contribution in [-0.4, -0.2) is 33.9 Å². The van der Waals surface area contributed by atoms with E-state index in [1.807, 2.05) is 43.5 Å². The van der Waals surface area contributed by atoms with Gasteiger partial charge in [0, 0.05) is 12.6 Å². The van der Waals surface area contributed by atoms with Crippen LogP contribution in [0.1, 0.15) is 12.6 Å². The zero-order chi connectivity index (χ0) is 23.2. The van der Waals surface area contributed by atoms with E-state index in [1.165, 1.54) is 10.7 Å². The first-order valence-corrected chi connectivity index (χ1v) is 12.1. The molecule has 2 amide bonds. The van der Waals surface area contributed by atoms with E-state index in [4.69, 9.17) is 4.74 Å². The molecule has 33 heavy (non-hydrogen) atoms. The predicted octanol–water partition coefficient (Wildman–Crippen LogP) is 4.62. The molecule has 0 spiro atoms. The Balaban J connectivity index is 1.41. The van der Waals surface area contributed by atoms with Crippen LogP contribution in [-0.2, 0) is 6.54 Å². The largest absolute Gasteiger partial charge is 0.492 e. The molecular weight excluding hydrogens is 458 g/mol. The number of aryl methyl sites for hydroxylation is 1. The molecule has 1 aromatic carbocycles. The summed E-state index contributed by atoms with van der Waals surface area (Å²) in [4.78, 5) is 31.3. The number of ether oxygens (including phenoxy) is 1. The first-order valence-electron chi connectivity index (χ1n) is 10.4. The van der Waals surface area contributed by atoms with Gasteiger partial charge in [-0.1, -0.05) is 18.2 Å². The van der Waals surface area contributed by atoms with Crippen LogP contribution in [0, 0.1) is 6.92 Å². The van der Waals surface area contributed by atoms with Gasteiger partial charge in [0.25, 0.3) is 5.56 Å². The lowest BCUT2D eigenvalue weighted by Crippen LogP contribution is -2.34. The molecule has 10 heteroatoms. The van der Waals surface area contributed by atoms with E-state index >= 15 is 0 Å². The lowest BCUT2D eigenvalue weighted by molar-refractivity contribution is 0.251. The summed E-state index contributed by atoms with van der Waals surface area (Å²) >= 11 is 3.18. The van der Waals surface area contributed by atoms with Crippen LogP contribution in [0.2, 0.25) is 0 Å². The second-order valence-corrected chi connectivity index (χ2v) is 8.95. The molecule has 0 saturated carbocycles. The van der Waals surface area contributed by atoms with Crippen molar-refractivity contribution in [2.75, 3.05) is 18.5 Å². The number of carbonyl (C=O) groups is 1. The number of urea groups is 1. The Bertz CT molecular complexity index is 1300. The molecule has 4 aromatic rings. The highest BCUT2D eigenvalue weighted by Crippen LogP contribution is 2.35. The van der Waals surface area contributed by atoms with Gasteiger partial charge in [0.1, 0.15) is 16.5 Å². The fourth-order valence-electron chi connectivity index (χ4n) is 3.16. The maximum atomic E-state index is 12.3. The first-order chi connectivity index (χ1) is 16.0. The number of nitrogens with zero attached hydrogens (tertiary/aromatic N) is 3. The van der Waals surface area contributed by atoms with E-state index in [9.17, 15) is 9.59 Å². The van der Waals surface area contributed by atoms with Crippen molar-refractivity contribution < 1.29 is 9.53 Å². The number of nitrogens with one attached hydrogen (secondary N) is 2. The number of aromatic nitrogens is 3. The van der Waals surface area contributed by atoms with Crippen molar-refractivity contribution in [3.8, 4) is 26.2 Å². The van der Waals surface area contributed by atoms with Gasteiger partial charge < -0.3 is 15.4 Å². The summed E-state index contributed by atoms with van der Waals surface area (Å²) in [7, 11) is 0. The van der Waals surface area contributed by atoms with Gasteiger partial charge in [0.15, 0.2) is 0 Å². The van der Waals surface area contributed by atoms with E-state index < -0.39 is 0 Å². The van der Waals surface area contributed by atoms with Crippen LogP contribution in [0.3, 0.4) is 0 Å². The molecule has 3 heterocycles. The van der Waals surface area contributed by atoms with Crippen LogP contribution in [0.4, 0.5) is 10.5 Å². The van der Waals surface area contributed by atoms with E-state index in [0.29, 0.717) is 23.7 Å². The van der Waals surface area contributed by atoms with Crippen molar-refractivity contribution in [3.63, 3.8) is 0 Å². The maximum absolute atomic E-state index is 12.3. The molecule has 0 radical (unpaired) electrons. The van der Waals surface area contributed by atoms with Crippen molar-refractivity contribution in [2.24, 2.45) is 0 Å². The van der Waals surface area contributed by atoms with Gasteiger partial charge in [-0.3, -0.25) is 4.79 Å². The fraction of sp³-hybridized carbons (Fsp3) is 0.217. The average molecular weight is 482 g/mol. The van der Waals surface area contributed by atoms with E-state index in [2.05, 4.69) is 20.7 Å². The third-order valence-electron chi connectivity index (χ3n) is 4.67. The summed E-state index contributed by atoms with van der Waals surface area (Å²) < 4.78 is 6.87. The molecule has 0 bridgehead atoms. The maximum Gasteiger partial charge on any atom is 0.319 e. The van der Waals surface area contributed by atoms with E-state index in [0.717, 1.165) is 20.5 Å². The zero-order valence-electron chi connectivity index (χ0n) is 18.2. The molecule has 0 aliphatic rings. The number of hydrogen-bond acceptors (Lipinski definition) is 7. The zero-order valence-corrected chi connectivity index (χ0v) is 19.8. The standard InChI is InChI=1S/C23H23N5O3S2/c1-3-31-18-8-5-4-7-16(18)26-23(30)24-12-13-28-20(29)11-10-17(27-28)21-15(2)25-22(33-21)19-9-6-14-32-19/h4-11,14H,3,12-13H2,1-2H3,(H2,24,26,30). The number of amides is 2. The molecule has 0 aliphatic heterocycles. The van der Waals surface area contributed by atoms with Gasteiger partial charge in [0.2, 0.25) is 0 Å². The molecule has 0 atom stereocenters. The fourth-order valence-corrected chi connectivity index (χ4v) is 4.99. The topological polar surface area (TPSA) is 98.1 Å². The Kier molecular flexibility index (Phi) is 7.16. The molecule has 0 unspecified atom stereocenters. The second kappa shape index (κ2) is 10.4. The number of thiophene rings is 1. The number of carbonyl (C=O) groups excluding carboxylic acids is 1. The Morgan fingerprint density at radius 1 is 1.15 bits per heavy atom. The Morgan fingerprint density at radius 3 is 2.79 bits per heavy atom. The van der Waals surface area contributed by atoms with Gasteiger partial charge in [-0.05, 0) is 43.5 Å². The van der Waals surface area contributed by atoms with Crippen LogP contribution < -0.4 is 20.9 Å². The van der Waals surface area contributed by atoms with Gasteiger partial charge in [-0.2, -0.15) is 5.10 Å². The Hall–Kier alpha value is -3.50. The van der Waals surface area contributed by atoms with E-state index in [-0.39, 0.29) is 24.7 Å². The van der Waals surface area contributed by atoms with Crippen LogP contribution in [0.5, 0.6) is 5.75 Å². The number of benzene rings is 1. The third-order valence-corrected chi connectivity index (χ3v) is 6.89. The monoisotopic (exact) mass is 481 g/mol. The van der Waals surface area contributed by atoms with Gasteiger partial charge >= 0.3 is 6.03 Å². The number of para-hydroxylation sites is 2. The van der Waals surface area contributed by atoms with Crippen LogP contribution >= 0.6 is 22.7 Å². The number of anilines is 1. The average Bonchev–Trinajstić information content (AvgIpc) is 3.47. The summed E-state index contributed by atoms with van der Waals surface area (Å²) in [5, 5.41) is 13.0. The molecule has 170 valence electrons. The van der Waals surface area contributed by atoms with Crippen molar-refractivity contribution in [1.82, 2.24) is 20.1 Å². The lowest BCUT2D eigenvalue weighted by Gasteiger charge is -2.12. The van der Waals surface area contributed by atoms with Gasteiger partial charge in [-0.15, -0.1) is 22.7 Å². The minimum Gasteiger partial charge on any atom is -0.492 e. The summed E-state index contributed by atoms with van der Waals surface area (Å²) in [6.45, 7) is 4.79. The molecule has 0 saturated heterocycles. The highest BCUT2D eigenvalue weighted by Gasteiger charge is 2.14. The summed E-state index contributed by atoms with van der Waals surface area (Å²) in [5.74, 6) is 0.600. The van der Waals surface area contributed by atoms with Gasteiger partial charge in [-0.25, -0.2) is 14.5 Å². The number of thiazole rings is 1. The second-order valence-electron chi connectivity index (χ2n) is 7.00. The molecule has 0 fully saturated rings. The third kappa shape index (κ3) is 5.47. The quantitative estimate of drug-likeness (QED) is 0.383.